The lowest BCUT2D eigenvalue weighted by molar-refractivity contribution is 0.598. The molecular weight excluding hydrogens is 212 g/mol. The predicted octanol–water partition coefficient (Wildman–Crippen LogP) is 1.13. The van der Waals surface area contributed by atoms with Gasteiger partial charge in [-0.05, 0) is 30.5 Å². The fourth-order valence-electron chi connectivity index (χ4n) is 1.62. The number of nitrogens with zero attached hydrogens (tertiary/aromatic N) is 1. The molecule has 0 saturated heterocycles. The molecule has 0 radical (unpaired) electrons. The Labute approximate surface area is 88.4 Å². The summed E-state index contributed by atoms with van der Waals surface area (Å²) in [5, 5.41) is 6.08. The van der Waals surface area contributed by atoms with Crippen LogP contribution in [0.3, 0.4) is 0 Å². The van der Waals surface area contributed by atoms with Crippen molar-refractivity contribution in [2.24, 2.45) is 12.2 Å². The maximum absolute atomic E-state index is 11.2. The van der Waals surface area contributed by atoms with Gasteiger partial charge in [-0.15, -0.1) is 0 Å². The molecule has 0 fully saturated rings. The number of aryl methyl sites for hydroxylation is 2. The molecule has 1 heterocycles. The number of hydrogen-bond acceptors (Lipinski definition) is 2. The van der Waals surface area contributed by atoms with E-state index in [1.807, 2.05) is 24.6 Å². The molecule has 15 heavy (non-hydrogen) atoms. The molecule has 2 aromatic rings. The van der Waals surface area contributed by atoms with E-state index in [1.165, 1.54) is 6.07 Å². The van der Waals surface area contributed by atoms with Crippen molar-refractivity contribution < 1.29 is 8.42 Å². The quantitative estimate of drug-likeness (QED) is 0.789. The first-order chi connectivity index (χ1) is 6.89. The van der Waals surface area contributed by atoms with Gasteiger partial charge in [-0.2, -0.15) is 0 Å². The number of hydrogen-bond donors (Lipinski definition) is 1. The van der Waals surface area contributed by atoms with Crippen molar-refractivity contribution in [1.29, 1.82) is 0 Å². The summed E-state index contributed by atoms with van der Waals surface area (Å²) >= 11 is 0. The molecule has 0 aliphatic carbocycles. The second-order valence-electron chi connectivity index (χ2n) is 3.61. The number of primary sulfonamides is 1. The average Bonchev–Trinajstić information content (AvgIpc) is 2.41. The second kappa shape index (κ2) is 3.08. The first-order valence-corrected chi connectivity index (χ1v) is 6.03. The van der Waals surface area contributed by atoms with Crippen LogP contribution < -0.4 is 5.14 Å². The molecule has 0 unspecified atom stereocenters. The van der Waals surface area contributed by atoms with Crippen molar-refractivity contribution >= 4 is 20.9 Å². The van der Waals surface area contributed by atoms with Crippen molar-refractivity contribution in [3.63, 3.8) is 0 Å². The smallest absolute Gasteiger partial charge is 0.238 e. The number of nitrogens with two attached hydrogens (primary N) is 1. The second-order valence-corrected chi connectivity index (χ2v) is 5.17. The molecule has 0 spiro atoms. The molecule has 80 valence electrons. The average molecular weight is 224 g/mol. The Morgan fingerprint density at radius 3 is 2.53 bits per heavy atom. The van der Waals surface area contributed by atoms with E-state index in [-0.39, 0.29) is 4.90 Å². The minimum atomic E-state index is -3.62. The van der Waals surface area contributed by atoms with E-state index in [2.05, 4.69) is 0 Å². The van der Waals surface area contributed by atoms with Crippen LogP contribution in [0.2, 0.25) is 0 Å². The molecule has 2 N–H and O–H groups in total. The number of benzene rings is 1. The van der Waals surface area contributed by atoms with Crippen molar-refractivity contribution in [2.45, 2.75) is 11.8 Å². The van der Waals surface area contributed by atoms with Crippen LogP contribution in [0.15, 0.2) is 29.2 Å². The van der Waals surface area contributed by atoms with Gasteiger partial charge in [0.25, 0.3) is 0 Å². The van der Waals surface area contributed by atoms with Gasteiger partial charge in [0.2, 0.25) is 10.0 Å². The maximum Gasteiger partial charge on any atom is 0.238 e. The third kappa shape index (κ3) is 1.64. The van der Waals surface area contributed by atoms with E-state index < -0.39 is 10.0 Å². The standard InChI is InChI=1S/C10H12N2O2S/c1-7-5-8-3-4-9(15(11,13)14)6-10(8)12(7)2/h3-6H,1-2H3,(H2,11,13,14). The fourth-order valence-corrected chi connectivity index (χ4v) is 2.16. The topological polar surface area (TPSA) is 65.1 Å². The van der Waals surface area contributed by atoms with E-state index in [0.717, 1.165) is 16.6 Å². The van der Waals surface area contributed by atoms with Crippen molar-refractivity contribution in [2.75, 3.05) is 0 Å². The number of fused-ring (bicyclic) bond motifs is 1. The monoisotopic (exact) mass is 224 g/mol. The number of rotatable bonds is 1. The highest BCUT2D eigenvalue weighted by Gasteiger charge is 2.10. The number of sulfonamides is 1. The lowest BCUT2D eigenvalue weighted by Crippen LogP contribution is -2.11. The van der Waals surface area contributed by atoms with Gasteiger partial charge >= 0.3 is 0 Å². The Bertz CT molecular complexity index is 626. The van der Waals surface area contributed by atoms with E-state index >= 15 is 0 Å². The zero-order chi connectivity index (χ0) is 11.2. The summed E-state index contributed by atoms with van der Waals surface area (Å²) in [4.78, 5) is 0.149. The molecule has 0 saturated carbocycles. The highest BCUT2D eigenvalue weighted by Crippen LogP contribution is 2.21. The molecule has 1 aromatic carbocycles. The Kier molecular flexibility index (Phi) is 2.09. The summed E-state index contributed by atoms with van der Waals surface area (Å²) in [6.45, 7) is 1.97. The van der Waals surface area contributed by atoms with Gasteiger partial charge in [-0.1, -0.05) is 6.07 Å². The van der Waals surface area contributed by atoms with E-state index in [9.17, 15) is 8.42 Å². The SMILES string of the molecule is Cc1cc2ccc(S(N)(=O)=O)cc2n1C. The molecular formula is C10H12N2O2S. The molecule has 2 rings (SSSR count). The third-order valence-electron chi connectivity index (χ3n) is 2.59. The van der Waals surface area contributed by atoms with E-state index in [0.29, 0.717) is 0 Å². The van der Waals surface area contributed by atoms with E-state index in [1.54, 1.807) is 12.1 Å². The van der Waals surface area contributed by atoms with Gasteiger partial charge < -0.3 is 4.57 Å². The van der Waals surface area contributed by atoms with Gasteiger partial charge in [0.1, 0.15) is 0 Å². The zero-order valence-electron chi connectivity index (χ0n) is 8.56. The number of aromatic nitrogens is 1. The van der Waals surface area contributed by atoms with Crippen molar-refractivity contribution in [3.05, 3.63) is 30.0 Å². The lowest BCUT2D eigenvalue weighted by atomic mass is 10.2. The summed E-state index contributed by atoms with van der Waals surface area (Å²) in [7, 11) is -1.72. The zero-order valence-corrected chi connectivity index (χ0v) is 9.38. The van der Waals surface area contributed by atoms with Crippen LogP contribution >= 0.6 is 0 Å². The molecule has 0 aliphatic heterocycles. The Morgan fingerprint density at radius 2 is 1.93 bits per heavy atom. The van der Waals surface area contributed by atoms with Gasteiger partial charge in [-0.3, -0.25) is 0 Å². The summed E-state index contributed by atoms with van der Waals surface area (Å²) < 4.78 is 24.3. The van der Waals surface area contributed by atoms with Crippen LogP contribution in [0.4, 0.5) is 0 Å². The lowest BCUT2D eigenvalue weighted by Gasteiger charge is -2.01. The first kappa shape index (κ1) is 10.2. The minimum absolute atomic E-state index is 0.149. The van der Waals surface area contributed by atoms with Crippen molar-refractivity contribution in [3.8, 4) is 0 Å². The summed E-state index contributed by atoms with van der Waals surface area (Å²) in [5.41, 5.74) is 1.95. The summed E-state index contributed by atoms with van der Waals surface area (Å²) in [5.74, 6) is 0. The van der Waals surface area contributed by atoms with Crippen LogP contribution in [-0.4, -0.2) is 13.0 Å². The van der Waals surface area contributed by atoms with E-state index in [4.69, 9.17) is 5.14 Å². The normalized spacial score (nSPS) is 12.2. The first-order valence-electron chi connectivity index (χ1n) is 4.48. The minimum Gasteiger partial charge on any atom is -0.348 e. The van der Waals surface area contributed by atoms with Crippen LogP contribution in [0.5, 0.6) is 0 Å². The van der Waals surface area contributed by atoms with Gasteiger partial charge in [0.15, 0.2) is 0 Å². The highest BCUT2D eigenvalue weighted by molar-refractivity contribution is 7.89. The molecule has 0 bridgehead atoms. The predicted molar refractivity (Wildman–Crippen MR) is 59.0 cm³/mol. The molecule has 0 aliphatic rings. The Morgan fingerprint density at radius 1 is 1.27 bits per heavy atom. The molecule has 5 heteroatoms. The largest absolute Gasteiger partial charge is 0.348 e. The molecule has 4 nitrogen and oxygen atoms in total. The third-order valence-corrected chi connectivity index (χ3v) is 3.50. The van der Waals surface area contributed by atoms with Gasteiger partial charge in [-0.25, -0.2) is 13.6 Å². The fraction of sp³-hybridized carbons (Fsp3) is 0.200. The van der Waals surface area contributed by atoms with Crippen LogP contribution in [0.1, 0.15) is 5.69 Å². The van der Waals surface area contributed by atoms with Crippen LogP contribution in [0.25, 0.3) is 10.9 Å². The molecule has 0 amide bonds. The van der Waals surface area contributed by atoms with Crippen LogP contribution in [-0.2, 0) is 17.1 Å². The summed E-state index contributed by atoms with van der Waals surface area (Å²) in [6.07, 6.45) is 0. The molecule has 0 atom stereocenters. The molecule has 1 aromatic heterocycles. The van der Waals surface area contributed by atoms with Crippen LogP contribution in [0, 0.1) is 6.92 Å². The Hall–Kier alpha value is -1.33. The van der Waals surface area contributed by atoms with Gasteiger partial charge in [0.05, 0.1) is 4.90 Å². The van der Waals surface area contributed by atoms with Crippen molar-refractivity contribution in [1.82, 2.24) is 4.57 Å². The summed E-state index contributed by atoms with van der Waals surface area (Å²) in [6, 6.07) is 6.89. The highest BCUT2D eigenvalue weighted by atomic mass is 32.2. The Balaban J connectivity index is 2.81. The maximum atomic E-state index is 11.2. The van der Waals surface area contributed by atoms with Gasteiger partial charge in [0, 0.05) is 18.3 Å².